The Labute approximate surface area is 148 Å². The van der Waals surface area contributed by atoms with Crippen molar-refractivity contribution in [3.63, 3.8) is 0 Å². The van der Waals surface area contributed by atoms with Gasteiger partial charge in [0.25, 0.3) is 0 Å². The van der Waals surface area contributed by atoms with Crippen LogP contribution in [0.15, 0.2) is 70.5 Å². The lowest BCUT2D eigenvalue weighted by atomic mass is 10.1. The van der Waals surface area contributed by atoms with Crippen molar-refractivity contribution in [2.45, 2.75) is 12.5 Å². The fraction of sp³-hybridized carbons (Fsp3) is 0.105. The van der Waals surface area contributed by atoms with E-state index in [2.05, 4.69) is 41.1 Å². The van der Waals surface area contributed by atoms with E-state index in [0.29, 0.717) is 0 Å². The molecule has 1 aliphatic heterocycles. The highest BCUT2D eigenvalue weighted by molar-refractivity contribution is 7.10. The summed E-state index contributed by atoms with van der Waals surface area (Å²) in [5, 5.41) is 10.9. The number of halogens is 1. The van der Waals surface area contributed by atoms with E-state index in [1.807, 2.05) is 11.1 Å². The molecule has 0 saturated heterocycles. The maximum Gasteiger partial charge on any atom is 0.123 e. The van der Waals surface area contributed by atoms with Crippen molar-refractivity contribution in [3.8, 4) is 0 Å². The van der Waals surface area contributed by atoms with Gasteiger partial charge in [-0.25, -0.2) is 4.39 Å². The summed E-state index contributed by atoms with van der Waals surface area (Å²) in [4.78, 5) is 2.48. The minimum Gasteiger partial charge on any atom is -0.257 e. The Hall–Kier alpha value is -2.24. The number of allylic oxidation sites excluding steroid dienone is 1. The average Bonchev–Trinajstić information content (AvgIpc) is 3.34. The Balaban J connectivity index is 1.64. The SMILES string of the molecule is Fc1ccc(N2N=C(C=Cc3cccs3)C[C@H]2c2cccs2)cc1. The first-order chi connectivity index (χ1) is 11.8. The third-order valence-corrected chi connectivity index (χ3v) is 5.69. The van der Waals surface area contributed by atoms with Gasteiger partial charge in [-0.05, 0) is 59.3 Å². The predicted molar refractivity (Wildman–Crippen MR) is 101 cm³/mol. The largest absolute Gasteiger partial charge is 0.257 e. The highest BCUT2D eigenvalue weighted by Crippen LogP contribution is 2.37. The van der Waals surface area contributed by atoms with Crippen LogP contribution in [-0.4, -0.2) is 5.71 Å². The third-order valence-electron chi connectivity index (χ3n) is 3.88. The van der Waals surface area contributed by atoms with E-state index in [9.17, 15) is 4.39 Å². The number of benzene rings is 1. The van der Waals surface area contributed by atoms with Crippen LogP contribution in [-0.2, 0) is 0 Å². The van der Waals surface area contributed by atoms with Gasteiger partial charge in [-0.3, -0.25) is 5.01 Å². The molecule has 0 aliphatic carbocycles. The summed E-state index contributed by atoms with van der Waals surface area (Å²) in [5.74, 6) is -0.229. The molecule has 1 aliphatic rings. The van der Waals surface area contributed by atoms with Crippen molar-refractivity contribution in [1.29, 1.82) is 0 Å². The zero-order valence-electron chi connectivity index (χ0n) is 12.8. The highest BCUT2D eigenvalue weighted by Gasteiger charge is 2.28. The van der Waals surface area contributed by atoms with Crippen LogP contribution in [0.25, 0.3) is 6.08 Å². The van der Waals surface area contributed by atoms with Crippen molar-refractivity contribution in [1.82, 2.24) is 0 Å². The van der Waals surface area contributed by atoms with Gasteiger partial charge in [0, 0.05) is 16.2 Å². The van der Waals surface area contributed by atoms with E-state index >= 15 is 0 Å². The number of nitrogens with zero attached hydrogens (tertiary/aromatic N) is 2. The molecular weight excluding hydrogens is 339 g/mol. The monoisotopic (exact) mass is 354 g/mol. The van der Waals surface area contributed by atoms with E-state index in [1.165, 1.54) is 21.9 Å². The molecule has 5 heteroatoms. The van der Waals surface area contributed by atoms with E-state index in [-0.39, 0.29) is 11.9 Å². The van der Waals surface area contributed by atoms with E-state index in [1.54, 1.807) is 34.8 Å². The van der Waals surface area contributed by atoms with Crippen LogP contribution in [0.5, 0.6) is 0 Å². The van der Waals surface area contributed by atoms with Crippen LogP contribution < -0.4 is 5.01 Å². The van der Waals surface area contributed by atoms with Gasteiger partial charge >= 0.3 is 0 Å². The smallest absolute Gasteiger partial charge is 0.123 e. The summed E-state index contributed by atoms with van der Waals surface area (Å²) in [7, 11) is 0. The van der Waals surface area contributed by atoms with E-state index in [0.717, 1.165) is 17.8 Å². The van der Waals surface area contributed by atoms with Gasteiger partial charge in [0.15, 0.2) is 0 Å². The van der Waals surface area contributed by atoms with Crippen molar-refractivity contribution < 1.29 is 4.39 Å². The number of hydrogen-bond acceptors (Lipinski definition) is 4. The molecule has 120 valence electrons. The molecule has 2 aromatic heterocycles. The molecule has 0 spiro atoms. The highest BCUT2D eigenvalue weighted by atomic mass is 32.1. The molecule has 3 heterocycles. The van der Waals surface area contributed by atoms with Gasteiger partial charge < -0.3 is 0 Å². The molecule has 0 unspecified atom stereocenters. The van der Waals surface area contributed by atoms with Crippen LogP contribution in [0.2, 0.25) is 0 Å². The zero-order valence-corrected chi connectivity index (χ0v) is 14.4. The van der Waals surface area contributed by atoms with Gasteiger partial charge in [0.05, 0.1) is 17.4 Å². The molecular formula is C19H15FN2S2. The maximum atomic E-state index is 13.2. The summed E-state index contributed by atoms with van der Waals surface area (Å²) < 4.78 is 13.2. The Kier molecular flexibility index (Phi) is 4.28. The molecule has 0 N–H and O–H groups in total. The van der Waals surface area contributed by atoms with Crippen molar-refractivity contribution in [2.75, 3.05) is 5.01 Å². The zero-order chi connectivity index (χ0) is 16.4. The molecule has 4 rings (SSSR count). The van der Waals surface area contributed by atoms with Crippen LogP contribution in [0, 0.1) is 5.82 Å². The molecule has 3 aromatic rings. The number of hydrazone groups is 1. The lowest BCUT2D eigenvalue weighted by Crippen LogP contribution is -2.17. The molecule has 0 saturated carbocycles. The summed E-state index contributed by atoms with van der Waals surface area (Å²) in [6.07, 6.45) is 5.03. The second-order valence-corrected chi connectivity index (χ2v) is 7.45. The molecule has 0 radical (unpaired) electrons. The molecule has 0 bridgehead atoms. The number of thiophene rings is 2. The lowest BCUT2D eigenvalue weighted by molar-refractivity contribution is 0.626. The van der Waals surface area contributed by atoms with Gasteiger partial charge in [0.2, 0.25) is 0 Å². The third kappa shape index (κ3) is 3.18. The van der Waals surface area contributed by atoms with Crippen LogP contribution >= 0.6 is 22.7 Å². The van der Waals surface area contributed by atoms with Gasteiger partial charge in [-0.1, -0.05) is 12.1 Å². The minimum absolute atomic E-state index is 0.165. The summed E-state index contributed by atoms with van der Waals surface area (Å²) >= 11 is 3.44. The van der Waals surface area contributed by atoms with Gasteiger partial charge in [-0.15, -0.1) is 22.7 Å². The van der Waals surface area contributed by atoms with Crippen molar-refractivity contribution in [3.05, 3.63) is 80.9 Å². The van der Waals surface area contributed by atoms with Crippen molar-refractivity contribution in [2.24, 2.45) is 5.10 Å². The normalized spacial score (nSPS) is 17.6. The standard InChI is InChI=1S/C19H15FN2S2/c20-14-5-8-16(9-6-14)22-18(19-4-2-12-24-19)13-15(21-22)7-10-17-3-1-11-23-17/h1-12,18H,13H2/t18-/m0/s1. The fourth-order valence-corrected chi connectivity index (χ4v) is 4.16. The fourth-order valence-electron chi connectivity index (χ4n) is 2.73. The second kappa shape index (κ2) is 6.71. The van der Waals surface area contributed by atoms with Gasteiger partial charge in [-0.2, -0.15) is 5.10 Å². The summed E-state index contributed by atoms with van der Waals surface area (Å²) in [5.41, 5.74) is 1.94. The second-order valence-electron chi connectivity index (χ2n) is 5.50. The van der Waals surface area contributed by atoms with E-state index in [4.69, 9.17) is 5.10 Å². The summed E-state index contributed by atoms with van der Waals surface area (Å²) in [6, 6.07) is 15.0. The molecule has 1 atom stereocenters. The van der Waals surface area contributed by atoms with E-state index < -0.39 is 0 Å². The Bertz CT molecular complexity index is 849. The lowest BCUT2D eigenvalue weighted by Gasteiger charge is -2.22. The van der Waals surface area contributed by atoms with Crippen LogP contribution in [0.3, 0.4) is 0 Å². The number of anilines is 1. The Morgan fingerprint density at radius 3 is 2.50 bits per heavy atom. The quantitative estimate of drug-likeness (QED) is 0.563. The molecule has 24 heavy (non-hydrogen) atoms. The first-order valence-electron chi connectivity index (χ1n) is 7.67. The molecule has 1 aromatic carbocycles. The molecule has 2 nitrogen and oxygen atoms in total. The Morgan fingerprint density at radius 1 is 1.00 bits per heavy atom. The van der Waals surface area contributed by atoms with Gasteiger partial charge in [0.1, 0.15) is 5.82 Å². The molecule has 0 fully saturated rings. The minimum atomic E-state index is -0.229. The van der Waals surface area contributed by atoms with Crippen molar-refractivity contribution >= 4 is 40.1 Å². The summed E-state index contributed by atoms with van der Waals surface area (Å²) in [6.45, 7) is 0. The predicted octanol–water partition coefficient (Wildman–Crippen LogP) is 5.97. The molecule has 0 amide bonds. The maximum absolute atomic E-state index is 13.2. The number of rotatable bonds is 4. The van der Waals surface area contributed by atoms with Crippen LogP contribution in [0.1, 0.15) is 22.2 Å². The topological polar surface area (TPSA) is 15.6 Å². The first kappa shape index (κ1) is 15.3. The first-order valence-corrected chi connectivity index (χ1v) is 9.43. The number of hydrogen-bond donors (Lipinski definition) is 0. The Morgan fingerprint density at radius 2 is 1.79 bits per heavy atom. The van der Waals surface area contributed by atoms with Crippen LogP contribution in [0.4, 0.5) is 10.1 Å². The average molecular weight is 354 g/mol.